The number of carbonyl (C=O) groups is 2. The Balaban J connectivity index is 1.43. The summed E-state index contributed by atoms with van der Waals surface area (Å²) in [5.41, 5.74) is 2.14. The summed E-state index contributed by atoms with van der Waals surface area (Å²) in [6, 6.07) is 15.3. The molecular weight excluding hydrogens is 578 g/mol. The summed E-state index contributed by atoms with van der Waals surface area (Å²) in [4.78, 5) is 33.7. The van der Waals surface area contributed by atoms with Crippen molar-refractivity contribution in [2.75, 3.05) is 11.9 Å². The number of aryl methyl sites for hydroxylation is 1. The van der Waals surface area contributed by atoms with E-state index in [1.165, 1.54) is 6.07 Å². The molecular formula is C32H27Cl2FN4O3. The Morgan fingerprint density at radius 3 is 2.71 bits per heavy atom. The van der Waals surface area contributed by atoms with Gasteiger partial charge < -0.3 is 15.0 Å². The second-order valence-corrected chi connectivity index (χ2v) is 12.8. The molecule has 42 heavy (non-hydrogen) atoms. The molecule has 4 atom stereocenters. The van der Waals surface area contributed by atoms with Crippen LogP contribution >= 0.6 is 23.2 Å². The van der Waals surface area contributed by atoms with Gasteiger partial charge in [-0.05, 0) is 67.1 Å². The molecule has 214 valence electrons. The quantitative estimate of drug-likeness (QED) is 0.268. The summed E-state index contributed by atoms with van der Waals surface area (Å²) in [5.74, 6) is -1.60. The van der Waals surface area contributed by atoms with Crippen LogP contribution < -0.4 is 5.32 Å². The lowest BCUT2D eigenvalue weighted by atomic mass is 9.70. The number of carbonyl (C=O) groups excluding carboxylic acids is 1. The highest BCUT2D eigenvalue weighted by Gasteiger charge is 2.68. The zero-order valence-electron chi connectivity index (χ0n) is 22.5. The summed E-state index contributed by atoms with van der Waals surface area (Å²) >= 11 is 12.8. The Labute approximate surface area is 251 Å². The normalized spacial score (nSPS) is 26.6. The van der Waals surface area contributed by atoms with Gasteiger partial charge in [0.05, 0.1) is 21.6 Å². The van der Waals surface area contributed by atoms with E-state index in [0.717, 1.165) is 42.6 Å². The minimum Gasteiger partial charge on any atom is -0.478 e. The molecule has 1 spiro atoms. The molecule has 0 bridgehead atoms. The fourth-order valence-electron chi connectivity index (χ4n) is 8.10. The highest BCUT2D eigenvalue weighted by molar-refractivity contribution is 6.31. The number of nitrogens with zero attached hydrogens (tertiary/aromatic N) is 3. The molecule has 4 aliphatic rings. The summed E-state index contributed by atoms with van der Waals surface area (Å²) in [5, 5.41) is 13.2. The number of carboxylic acids is 1. The number of fused-ring (bicyclic) bond motifs is 7. The third-order valence-electron chi connectivity index (χ3n) is 10.0. The maximum Gasteiger partial charge on any atom is 0.335 e. The molecule has 1 amide bonds. The molecule has 1 aliphatic carbocycles. The number of benzene rings is 3. The molecule has 2 N–H and O–H groups in total. The molecule has 4 heterocycles. The third kappa shape index (κ3) is 3.46. The van der Waals surface area contributed by atoms with Crippen molar-refractivity contribution in [3.05, 3.63) is 93.0 Å². The van der Waals surface area contributed by atoms with E-state index in [1.807, 2.05) is 6.07 Å². The predicted molar refractivity (Wildman–Crippen MR) is 158 cm³/mol. The predicted octanol–water partition coefficient (Wildman–Crippen LogP) is 6.78. The van der Waals surface area contributed by atoms with E-state index >= 15 is 4.39 Å². The van der Waals surface area contributed by atoms with E-state index in [1.54, 1.807) is 42.5 Å². The topological polar surface area (TPSA) is 87.5 Å². The number of aromatic nitrogens is 2. The highest BCUT2D eigenvalue weighted by atomic mass is 35.5. The Morgan fingerprint density at radius 2 is 1.95 bits per heavy atom. The van der Waals surface area contributed by atoms with Crippen LogP contribution in [-0.2, 0) is 16.9 Å². The second kappa shape index (κ2) is 9.27. The van der Waals surface area contributed by atoms with Crippen LogP contribution in [0.2, 0.25) is 10.0 Å². The first-order valence-electron chi connectivity index (χ1n) is 14.3. The van der Waals surface area contributed by atoms with Crippen LogP contribution in [0, 0.1) is 11.7 Å². The lowest BCUT2D eigenvalue weighted by molar-refractivity contribution is -0.128. The number of hydrogen-bond donors (Lipinski definition) is 2. The van der Waals surface area contributed by atoms with Gasteiger partial charge in [-0.15, -0.1) is 0 Å². The molecule has 1 saturated carbocycles. The Bertz CT molecular complexity index is 1820. The first kappa shape index (κ1) is 26.2. The summed E-state index contributed by atoms with van der Waals surface area (Å²) < 4.78 is 18.3. The van der Waals surface area contributed by atoms with Crippen LogP contribution in [0.25, 0.3) is 11.0 Å². The molecule has 1 aromatic heterocycles. The van der Waals surface area contributed by atoms with E-state index in [-0.39, 0.29) is 28.5 Å². The highest BCUT2D eigenvalue weighted by Crippen LogP contribution is 2.64. The van der Waals surface area contributed by atoms with Gasteiger partial charge in [-0.25, -0.2) is 14.2 Å². The SMILES string of the molecule is O=C(O)c1ccc2c(c1)nc1n2CC[C@H]2[C@@H]1[C@H](c1cccc(Cl)c1F)[C@]1(C(=O)Nc3cc(Cl)ccc31)N2CC1CCC1. The van der Waals surface area contributed by atoms with Crippen molar-refractivity contribution in [3.63, 3.8) is 0 Å². The van der Waals surface area contributed by atoms with Crippen molar-refractivity contribution < 1.29 is 19.1 Å². The van der Waals surface area contributed by atoms with Crippen LogP contribution in [-0.4, -0.2) is 44.0 Å². The first-order chi connectivity index (χ1) is 20.3. The minimum atomic E-state index is -1.21. The van der Waals surface area contributed by atoms with Gasteiger partial charge in [0.15, 0.2) is 0 Å². The Kier molecular flexibility index (Phi) is 5.78. The lowest BCUT2D eigenvalue weighted by Gasteiger charge is -2.43. The zero-order valence-corrected chi connectivity index (χ0v) is 24.0. The van der Waals surface area contributed by atoms with Gasteiger partial charge in [0.25, 0.3) is 0 Å². The molecule has 1 saturated heterocycles. The lowest BCUT2D eigenvalue weighted by Crippen LogP contribution is -2.54. The van der Waals surface area contributed by atoms with Gasteiger partial charge in [-0.3, -0.25) is 9.69 Å². The van der Waals surface area contributed by atoms with E-state index in [2.05, 4.69) is 14.8 Å². The molecule has 3 aliphatic heterocycles. The van der Waals surface area contributed by atoms with Crippen molar-refractivity contribution >= 4 is 51.8 Å². The van der Waals surface area contributed by atoms with Crippen molar-refractivity contribution in [2.45, 2.75) is 55.6 Å². The maximum absolute atomic E-state index is 16.2. The summed E-state index contributed by atoms with van der Waals surface area (Å²) in [6.07, 6.45) is 4.07. The van der Waals surface area contributed by atoms with Gasteiger partial charge in [-0.2, -0.15) is 0 Å². The van der Waals surface area contributed by atoms with Gasteiger partial charge in [0.2, 0.25) is 5.91 Å². The summed E-state index contributed by atoms with van der Waals surface area (Å²) in [7, 11) is 0. The monoisotopic (exact) mass is 604 g/mol. The standard InChI is InChI=1S/C32H27Cl2FN4O3/c33-18-8-9-20-22(14-18)37-31(42)32(20)27(19-5-2-6-21(34)28(19)35)26-25(39(32)15-16-3-1-4-16)11-12-38-24-10-7-17(30(40)41)13-23(24)36-29(26)38/h2,5-10,13-14,16,25-27H,1,3-4,11-12,15H2,(H,37,42)(H,40,41)/t25-,26+,27-,32+/m0/s1. The van der Waals surface area contributed by atoms with Crippen LogP contribution in [0.4, 0.5) is 10.1 Å². The molecule has 0 unspecified atom stereocenters. The Hall–Kier alpha value is -3.46. The average molecular weight is 605 g/mol. The third-order valence-corrected chi connectivity index (χ3v) is 10.6. The minimum absolute atomic E-state index is 0.00166. The smallest absolute Gasteiger partial charge is 0.335 e. The number of likely N-dealkylation sites (tertiary alicyclic amines) is 1. The first-order valence-corrected chi connectivity index (χ1v) is 15.1. The fraction of sp³-hybridized carbons (Fsp3) is 0.344. The maximum atomic E-state index is 16.2. The van der Waals surface area contributed by atoms with E-state index in [9.17, 15) is 14.7 Å². The molecule has 4 aromatic rings. The zero-order chi connectivity index (χ0) is 28.9. The van der Waals surface area contributed by atoms with Crippen molar-refractivity contribution in [1.82, 2.24) is 14.5 Å². The molecule has 0 radical (unpaired) electrons. The number of aromatic carboxylic acids is 1. The van der Waals surface area contributed by atoms with Crippen molar-refractivity contribution in [2.24, 2.45) is 5.92 Å². The molecule has 10 heteroatoms. The number of anilines is 1. The van der Waals surface area contributed by atoms with E-state index in [4.69, 9.17) is 28.2 Å². The van der Waals surface area contributed by atoms with Crippen molar-refractivity contribution in [3.8, 4) is 0 Å². The number of amides is 1. The van der Waals surface area contributed by atoms with Gasteiger partial charge >= 0.3 is 5.97 Å². The van der Waals surface area contributed by atoms with Crippen molar-refractivity contribution in [1.29, 1.82) is 0 Å². The number of halogens is 3. The van der Waals surface area contributed by atoms with Gasteiger partial charge in [-0.1, -0.05) is 47.8 Å². The van der Waals surface area contributed by atoms with Crippen LogP contribution in [0.1, 0.15) is 64.8 Å². The Morgan fingerprint density at radius 1 is 1.12 bits per heavy atom. The summed E-state index contributed by atoms with van der Waals surface area (Å²) in [6.45, 7) is 1.36. The van der Waals surface area contributed by atoms with E-state index < -0.39 is 23.2 Å². The largest absolute Gasteiger partial charge is 0.478 e. The number of hydrogen-bond acceptors (Lipinski definition) is 4. The number of carboxylic acid groups (broad SMARTS) is 1. The molecule has 7 nitrogen and oxygen atoms in total. The van der Waals surface area contributed by atoms with Gasteiger partial charge in [0.1, 0.15) is 17.2 Å². The van der Waals surface area contributed by atoms with E-state index in [0.29, 0.717) is 40.8 Å². The van der Waals surface area contributed by atoms with Gasteiger partial charge in [0, 0.05) is 47.2 Å². The van der Waals surface area contributed by atoms with Crippen LogP contribution in [0.15, 0.2) is 54.6 Å². The average Bonchev–Trinajstić information content (AvgIpc) is 3.55. The van der Waals surface area contributed by atoms with Crippen LogP contribution in [0.5, 0.6) is 0 Å². The fourth-order valence-corrected chi connectivity index (χ4v) is 8.46. The number of rotatable bonds is 4. The molecule has 8 rings (SSSR count). The number of nitrogens with one attached hydrogen (secondary N) is 1. The van der Waals surface area contributed by atoms with Crippen LogP contribution in [0.3, 0.4) is 0 Å². The number of imidazole rings is 1. The molecule has 2 fully saturated rings. The second-order valence-electron chi connectivity index (χ2n) is 12.0. The molecule has 3 aromatic carbocycles.